The lowest BCUT2D eigenvalue weighted by Gasteiger charge is -2.15. The number of aromatic nitrogens is 1. The molecule has 112 valence electrons. The maximum Gasteiger partial charge on any atom is 0.123 e. The van der Waals surface area contributed by atoms with Crippen LogP contribution in [0.5, 0.6) is 5.75 Å². The number of aryl methyl sites for hydroxylation is 1. The van der Waals surface area contributed by atoms with E-state index in [1.807, 2.05) is 6.20 Å². The monoisotopic (exact) mass is 306 g/mol. The Morgan fingerprint density at radius 2 is 2.38 bits per heavy atom. The molecule has 0 amide bonds. The predicted octanol–water partition coefficient (Wildman–Crippen LogP) is 3.50. The summed E-state index contributed by atoms with van der Waals surface area (Å²) in [5.41, 5.74) is 0.956. The van der Waals surface area contributed by atoms with Gasteiger partial charge in [-0.3, -0.25) is 0 Å². The fraction of sp³-hybridized carbons (Fsp3) is 0.438. The van der Waals surface area contributed by atoms with Crippen LogP contribution in [0.2, 0.25) is 0 Å². The van der Waals surface area contributed by atoms with Crippen molar-refractivity contribution >= 4 is 11.3 Å². The lowest BCUT2D eigenvalue weighted by Crippen LogP contribution is -2.31. The second-order valence-corrected chi connectivity index (χ2v) is 6.49. The minimum Gasteiger partial charge on any atom is -0.488 e. The van der Waals surface area contributed by atoms with Crippen molar-refractivity contribution in [2.45, 2.75) is 38.8 Å². The van der Waals surface area contributed by atoms with Gasteiger partial charge >= 0.3 is 0 Å². The van der Waals surface area contributed by atoms with E-state index in [2.05, 4.69) is 24.1 Å². The van der Waals surface area contributed by atoms with Gasteiger partial charge in [-0.05, 0) is 31.5 Å². The van der Waals surface area contributed by atoms with Crippen LogP contribution in [0.4, 0.5) is 4.39 Å². The fourth-order valence-electron chi connectivity index (χ4n) is 2.48. The Morgan fingerprint density at radius 3 is 3.14 bits per heavy atom. The first kappa shape index (κ1) is 14.5. The van der Waals surface area contributed by atoms with E-state index in [4.69, 9.17) is 4.74 Å². The molecule has 2 aromatic rings. The molecule has 1 aromatic heterocycles. The number of thiazole rings is 1. The van der Waals surface area contributed by atoms with Crippen LogP contribution in [0, 0.1) is 5.82 Å². The first-order chi connectivity index (χ1) is 10.2. The minimum atomic E-state index is -0.200. The molecule has 0 fully saturated rings. The Hall–Kier alpha value is -1.46. The Bertz CT molecular complexity index is 628. The van der Waals surface area contributed by atoms with E-state index in [0.29, 0.717) is 0 Å². The van der Waals surface area contributed by atoms with Gasteiger partial charge in [-0.25, -0.2) is 9.37 Å². The molecule has 0 saturated heterocycles. The SMILES string of the molecule is CCc1cnc(C(C)NCC2Cc3cc(F)ccc3O2)s1. The Labute approximate surface area is 128 Å². The summed E-state index contributed by atoms with van der Waals surface area (Å²) in [5, 5.41) is 4.56. The number of hydrogen-bond donors (Lipinski definition) is 1. The molecule has 3 nitrogen and oxygen atoms in total. The molecule has 1 aliphatic heterocycles. The standard InChI is InChI=1S/C16H19FN2OS/c1-3-14-9-19-16(21-14)10(2)18-8-13-7-11-6-12(17)4-5-15(11)20-13/h4-6,9-10,13,18H,3,7-8H2,1-2H3. The van der Waals surface area contributed by atoms with Crippen molar-refractivity contribution in [3.8, 4) is 5.75 Å². The van der Waals surface area contributed by atoms with E-state index in [0.717, 1.165) is 35.7 Å². The van der Waals surface area contributed by atoms with Gasteiger partial charge in [0.2, 0.25) is 0 Å². The van der Waals surface area contributed by atoms with Crippen LogP contribution >= 0.6 is 11.3 Å². The van der Waals surface area contributed by atoms with Gasteiger partial charge < -0.3 is 10.1 Å². The predicted molar refractivity (Wildman–Crippen MR) is 82.4 cm³/mol. The highest BCUT2D eigenvalue weighted by Crippen LogP contribution is 2.29. The molecule has 21 heavy (non-hydrogen) atoms. The molecule has 5 heteroatoms. The molecule has 0 saturated carbocycles. The first-order valence-corrected chi connectivity index (χ1v) is 8.10. The van der Waals surface area contributed by atoms with Crippen LogP contribution in [-0.2, 0) is 12.8 Å². The fourth-order valence-corrected chi connectivity index (χ4v) is 3.37. The molecule has 2 heterocycles. The summed E-state index contributed by atoms with van der Waals surface area (Å²) in [6.45, 7) is 4.98. The molecule has 0 radical (unpaired) electrons. The maximum absolute atomic E-state index is 13.2. The van der Waals surface area contributed by atoms with E-state index >= 15 is 0 Å². The third-order valence-electron chi connectivity index (χ3n) is 3.71. The van der Waals surface area contributed by atoms with Crippen LogP contribution in [0.1, 0.15) is 35.3 Å². The van der Waals surface area contributed by atoms with Crippen molar-refractivity contribution in [1.29, 1.82) is 0 Å². The highest BCUT2D eigenvalue weighted by atomic mass is 32.1. The van der Waals surface area contributed by atoms with Crippen LogP contribution < -0.4 is 10.1 Å². The van der Waals surface area contributed by atoms with Gasteiger partial charge in [-0.15, -0.1) is 11.3 Å². The number of benzene rings is 1. The topological polar surface area (TPSA) is 34.2 Å². The van der Waals surface area contributed by atoms with Crippen LogP contribution in [0.15, 0.2) is 24.4 Å². The Kier molecular flexibility index (Phi) is 4.22. The maximum atomic E-state index is 13.2. The molecule has 0 spiro atoms. The van der Waals surface area contributed by atoms with Crippen LogP contribution in [0.25, 0.3) is 0 Å². The van der Waals surface area contributed by atoms with Gasteiger partial charge in [0.1, 0.15) is 22.7 Å². The molecule has 1 N–H and O–H groups in total. The van der Waals surface area contributed by atoms with Gasteiger partial charge in [0.15, 0.2) is 0 Å². The Morgan fingerprint density at radius 1 is 1.52 bits per heavy atom. The molecule has 3 rings (SSSR count). The third kappa shape index (κ3) is 3.24. The largest absolute Gasteiger partial charge is 0.488 e. The lowest BCUT2D eigenvalue weighted by molar-refractivity contribution is 0.222. The van der Waals surface area contributed by atoms with E-state index in [9.17, 15) is 4.39 Å². The molecule has 1 aromatic carbocycles. The van der Waals surface area contributed by atoms with Crippen molar-refractivity contribution in [2.24, 2.45) is 0 Å². The molecule has 2 atom stereocenters. The number of fused-ring (bicyclic) bond motifs is 1. The van der Waals surface area contributed by atoms with Gasteiger partial charge in [0.05, 0.1) is 6.04 Å². The van der Waals surface area contributed by atoms with Crippen molar-refractivity contribution in [2.75, 3.05) is 6.54 Å². The smallest absolute Gasteiger partial charge is 0.123 e. The molecule has 0 aliphatic carbocycles. The number of rotatable bonds is 5. The van der Waals surface area contributed by atoms with E-state index in [1.54, 1.807) is 23.5 Å². The summed E-state index contributed by atoms with van der Waals surface area (Å²) >= 11 is 1.75. The summed E-state index contributed by atoms with van der Waals surface area (Å²) in [4.78, 5) is 5.75. The average Bonchev–Trinajstić information content (AvgIpc) is 3.10. The van der Waals surface area contributed by atoms with Crippen molar-refractivity contribution < 1.29 is 9.13 Å². The second kappa shape index (κ2) is 6.12. The number of ether oxygens (including phenoxy) is 1. The zero-order chi connectivity index (χ0) is 14.8. The average molecular weight is 306 g/mol. The zero-order valence-corrected chi connectivity index (χ0v) is 13.0. The lowest BCUT2D eigenvalue weighted by atomic mass is 10.1. The zero-order valence-electron chi connectivity index (χ0n) is 12.2. The first-order valence-electron chi connectivity index (χ1n) is 7.28. The number of nitrogens with one attached hydrogen (secondary N) is 1. The van der Waals surface area contributed by atoms with Gasteiger partial charge in [0, 0.05) is 29.6 Å². The number of halogens is 1. The summed E-state index contributed by atoms with van der Waals surface area (Å²) in [7, 11) is 0. The normalized spacial score (nSPS) is 18.3. The molecular weight excluding hydrogens is 287 g/mol. The summed E-state index contributed by atoms with van der Waals surface area (Å²) in [6.07, 6.45) is 3.79. The highest BCUT2D eigenvalue weighted by Gasteiger charge is 2.24. The highest BCUT2D eigenvalue weighted by molar-refractivity contribution is 7.11. The third-order valence-corrected chi connectivity index (χ3v) is 5.03. The van der Waals surface area contributed by atoms with Crippen molar-refractivity contribution in [3.05, 3.63) is 45.7 Å². The second-order valence-electron chi connectivity index (χ2n) is 5.34. The van der Waals surface area contributed by atoms with Gasteiger partial charge in [-0.2, -0.15) is 0 Å². The number of nitrogens with zero attached hydrogens (tertiary/aromatic N) is 1. The summed E-state index contributed by atoms with van der Waals surface area (Å²) in [5.74, 6) is 0.604. The van der Waals surface area contributed by atoms with Crippen molar-refractivity contribution in [3.63, 3.8) is 0 Å². The van der Waals surface area contributed by atoms with E-state index < -0.39 is 0 Å². The van der Waals surface area contributed by atoms with Crippen LogP contribution in [0.3, 0.4) is 0 Å². The van der Waals surface area contributed by atoms with Gasteiger partial charge in [-0.1, -0.05) is 6.92 Å². The Balaban J connectivity index is 1.54. The van der Waals surface area contributed by atoms with Gasteiger partial charge in [0.25, 0.3) is 0 Å². The summed E-state index contributed by atoms with van der Waals surface area (Å²) in [6, 6.07) is 4.92. The molecular formula is C16H19FN2OS. The minimum absolute atomic E-state index is 0.0647. The van der Waals surface area contributed by atoms with E-state index in [-0.39, 0.29) is 18.0 Å². The van der Waals surface area contributed by atoms with Crippen LogP contribution in [-0.4, -0.2) is 17.6 Å². The number of hydrogen-bond acceptors (Lipinski definition) is 4. The quantitative estimate of drug-likeness (QED) is 0.918. The molecule has 0 bridgehead atoms. The van der Waals surface area contributed by atoms with Crippen molar-refractivity contribution in [1.82, 2.24) is 10.3 Å². The van der Waals surface area contributed by atoms with E-state index in [1.165, 1.54) is 10.9 Å². The molecule has 1 aliphatic rings. The molecule has 2 unspecified atom stereocenters. The summed E-state index contributed by atoms with van der Waals surface area (Å²) < 4.78 is 19.0.